The molecule has 34 heavy (non-hydrogen) atoms. The van der Waals surface area contributed by atoms with Crippen LogP contribution in [0.15, 0.2) is 79.8 Å². The summed E-state index contributed by atoms with van der Waals surface area (Å²) in [6.07, 6.45) is 6.56. The zero-order valence-corrected chi connectivity index (χ0v) is 19.2. The Morgan fingerprint density at radius 3 is 2.59 bits per heavy atom. The number of para-hydroxylation sites is 1. The van der Waals surface area contributed by atoms with E-state index in [9.17, 15) is 4.79 Å². The van der Waals surface area contributed by atoms with E-state index in [4.69, 9.17) is 9.84 Å². The zero-order valence-electron chi connectivity index (χ0n) is 19.2. The Kier molecular flexibility index (Phi) is 7.29. The summed E-state index contributed by atoms with van der Waals surface area (Å²) < 4.78 is 7.85. The van der Waals surface area contributed by atoms with Crippen LogP contribution in [0.4, 0.5) is 0 Å². The van der Waals surface area contributed by atoms with Gasteiger partial charge in [-0.2, -0.15) is 5.10 Å². The van der Waals surface area contributed by atoms with Crippen LogP contribution in [0, 0.1) is 0 Å². The number of nitrogens with zero attached hydrogens (tertiary/aromatic N) is 5. The summed E-state index contributed by atoms with van der Waals surface area (Å²) >= 11 is 0. The van der Waals surface area contributed by atoms with E-state index in [-0.39, 0.29) is 11.9 Å². The van der Waals surface area contributed by atoms with Gasteiger partial charge in [-0.3, -0.25) is 4.79 Å². The number of benzene rings is 2. The van der Waals surface area contributed by atoms with E-state index in [1.54, 1.807) is 6.20 Å². The van der Waals surface area contributed by atoms with E-state index in [0.717, 1.165) is 53.2 Å². The molecular weight excluding hydrogens is 428 g/mol. The first-order chi connectivity index (χ1) is 16.7. The molecule has 0 bridgehead atoms. The zero-order chi connectivity index (χ0) is 23.9. The summed E-state index contributed by atoms with van der Waals surface area (Å²) in [5, 5.41) is 5.81. The third kappa shape index (κ3) is 4.82. The summed E-state index contributed by atoms with van der Waals surface area (Å²) in [4.78, 5) is 22.7. The number of hydrogen-bond acceptors (Lipinski definition) is 6. The molecule has 174 valence electrons. The molecule has 3 heterocycles. The molecular formula is C26H28N6O2. The number of carbonyl (C=O) groups excluding carboxylic acids is 1. The van der Waals surface area contributed by atoms with E-state index in [1.807, 2.05) is 64.2 Å². The van der Waals surface area contributed by atoms with Crippen LogP contribution in [0.2, 0.25) is 0 Å². The van der Waals surface area contributed by atoms with Gasteiger partial charge in [0, 0.05) is 24.8 Å². The fourth-order valence-electron chi connectivity index (χ4n) is 4.14. The number of carbonyl (C=O) groups is 1. The highest BCUT2D eigenvalue weighted by Gasteiger charge is 2.27. The summed E-state index contributed by atoms with van der Waals surface area (Å²) in [5.74, 6) is 1.50. The molecule has 5 rings (SSSR count). The second-order valence-electron chi connectivity index (χ2n) is 7.78. The first-order valence-corrected chi connectivity index (χ1v) is 11.2. The standard InChI is InChI=1S/C25H23N5O2.CH5N/c1-2-23(31)29-14-6-7-19(16-29)30-25-22(15-26-17-27-25)24(28-30)18-10-12-21(13-11-18)32-20-8-4-3-5-9-20;1-2/h2-5,8-13,15,17,19H,1,6-7,14,16H2;2H2,1H3. The molecule has 0 spiro atoms. The van der Waals surface area contributed by atoms with Crippen molar-refractivity contribution in [3.05, 3.63) is 79.8 Å². The maximum Gasteiger partial charge on any atom is 0.246 e. The maximum absolute atomic E-state index is 12.1. The number of nitrogens with two attached hydrogens (primary N) is 1. The average Bonchev–Trinajstić information content (AvgIpc) is 3.30. The van der Waals surface area contributed by atoms with Gasteiger partial charge in [0.15, 0.2) is 5.65 Å². The second-order valence-corrected chi connectivity index (χ2v) is 7.78. The van der Waals surface area contributed by atoms with Crippen LogP contribution < -0.4 is 10.5 Å². The Morgan fingerprint density at radius 1 is 1.12 bits per heavy atom. The van der Waals surface area contributed by atoms with Gasteiger partial charge < -0.3 is 15.4 Å². The summed E-state index contributed by atoms with van der Waals surface area (Å²) in [7, 11) is 1.50. The molecule has 1 atom stereocenters. The Hall–Kier alpha value is -4.04. The monoisotopic (exact) mass is 456 g/mol. The fraction of sp³-hybridized carbons (Fsp3) is 0.231. The van der Waals surface area contributed by atoms with Gasteiger partial charge in [-0.25, -0.2) is 14.6 Å². The molecule has 0 saturated carbocycles. The highest BCUT2D eigenvalue weighted by atomic mass is 16.5. The predicted molar refractivity (Wildman–Crippen MR) is 132 cm³/mol. The molecule has 1 saturated heterocycles. The lowest BCUT2D eigenvalue weighted by Gasteiger charge is -2.32. The largest absolute Gasteiger partial charge is 0.457 e. The minimum absolute atomic E-state index is 0.0463. The SMILES string of the molecule is C=CC(=O)N1CCCC(n2nc(-c3ccc(Oc4ccccc4)cc3)c3cncnc32)C1.CN. The number of rotatable bonds is 5. The number of aromatic nitrogens is 4. The van der Waals surface area contributed by atoms with E-state index >= 15 is 0 Å². The molecule has 1 aliphatic heterocycles. The molecule has 1 fully saturated rings. The lowest BCUT2D eigenvalue weighted by atomic mass is 10.1. The number of fused-ring (bicyclic) bond motifs is 1. The minimum atomic E-state index is -0.0463. The molecule has 0 radical (unpaired) electrons. The average molecular weight is 457 g/mol. The molecule has 1 aliphatic rings. The van der Waals surface area contributed by atoms with Crippen LogP contribution in [0.5, 0.6) is 11.5 Å². The van der Waals surface area contributed by atoms with E-state index in [0.29, 0.717) is 6.54 Å². The molecule has 1 unspecified atom stereocenters. The summed E-state index contributed by atoms with van der Waals surface area (Å²) in [6, 6.07) is 17.6. The Morgan fingerprint density at radius 2 is 1.85 bits per heavy atom. The van der Waals surface area contributed by atoms with Gasteiger partial charge >= 0.3 is 0 Å². The van der Waals surface area contributed by atoms with Crippen molar-refractivity contribution in [1.29, 1.82) is 0 Å². The van der Waals surface area contributed by atoms with Crippen molar-refractivity contribution in [3.63, 3.8) is 0 Å². The van der Waals surface area contributed by atoms with Gasteiger partial charge in [0.2, 0.25) is 5.91 Å². The predicted octanol–water partition coefficient (Wildman–Crippen LogP) is 4.21. The molecule has 2 aromatic carbocycles. The highest BCUT2D eigenvalue weighted by molar-refractivity contribution is 5.90. The molecule has 0 aliphatic carbocycles. The smallest absolute Gasteiger partial charge is 0.246 e. The summed E-state index contributed by atoms with van der Waals surface area (Å²) in [5.41, 5.74) is 7.05. The molecule has 2 N–H and O–H groups in total. The van der Waals surface area contributed by atoms with Gasteiger partial charge in [-0.15, -0.1) is 0 Å². The normalized spacial score (nSPS) is 15.4. The molecule has 1 amide bonds. The van der Waals surface area contributed by atoms with Crippen LogP contribution >= 0.6 is 0 Å². The third-order valence-electron chi connectivity index (χ3n) is 5.71. The Labute approximate surface area is 198 Å². The number of piperidine rings is 1. The fourth-order valence-corrected chi connectivity index (χ4v) is 4.14. The molecule has 4 aromatic rings. The molecule has 8 heteroatoms. The Balaban J connectivity index is 0.00000133. The van der Waals surface area contributed by atoms with Crippen LogP contribution in [0.3, 0.4) is 0 Å². The lowest BCUT2D eigenvalue weighted by molar-refractivity contribution is -0.127. The van der Waals surface area contributed by atoms with Crippen LogP contribution in [-0.2, 0) is 4.79 Å². The minimum Gasteiger partial charge on any atom is -0.457 e. The van der Waals surface area contributed by atoms with Gasteiger partial charge in [0.05, 0.1) is 11.4 Å². The molecule has 2 aromatic heterocycles. The summed E-state index contributed by atoms with van der Waals surface area (Å²) in [6.45, 7) is 4.95. The molecule has 8 nitrogen and oxygen atoms in total. The number of hydrogen-bond donors (Lipinski definition) is 1. The third-order valence-corrected chi connectivity index (χ3v) is 5.71. The number of ether oxygens (including phenoxy) is 1. The maximum atomic E-state index is 12.1. The quantitative estimate of drug-likeness (QED) is 0.452. The highest BCUT2D eigenvalue weighted by Crippen LogP contribution is 2.32. The van der Waals surface area contributed by atoms with Gasteiger partial charge in [-0.05, 0) is 62.4 Å². The van der Waals surface area contributed by atoms with Crippen LogP contribution in [0.1, 0.15) is 18.9 Å². The lowest BCUT2D eigenvalue weighted by Crippen LogP contribution is -2.40. The van der Waals surface area contributed by atoms with Crippen LogP contribution in [0.25, 0.3) is 22.3 Å². The first-order valence-electron chi connectivity index (χ1n) is 11.2. The topological polar surface area (TPSA) is 99.2 Å². The number of likely N-dealkylation sites (tertiary alicyclic amines) is 1. The number of amides is 1. The van der Waals surface area contributed by atoms with Gasteiger partial charge in [-0.1, -0.05) is 24.8 Å². The van der Waals surface area contributed by atoms with Crippen molar-refractivity contribution in [2.45, 2.75) is 18.9 Å². The van der Waals surface area contributed by atoms with Crippen molar-refractivity contribution < 1.29 is 9.53 Å². The van der Waals surface area contributed by atoms with E-state index < -0.39 is 0 Å². The van der Waals surface area contributed by atoms with Crippen molar-refractivity contribution >= 4 is 16.9 Å². The van der Waals surface area contributed by atoms with E-state index in [2.05, 4.69) is 22.3 Å². The van der Waals surface area contributed by atoms with Crippen molar-refractivity contribution in [2.75, 3.05) is 20.1 Å². The van der Waals surface area contributed by atoms with Crippen LogP contribution in [-0.4, -0.2) is 50.7 Å². The van der Waals surface area contributed by atoms with Crippen molar-refractivity contribution in [1.82, 2.24) is 24.6 Å². The second kappa shape index (κ2) is 10.7. The van der Waals surface area contributed by atoms with Gasteiger partial charge in [0.25, 0.3) is 0 Å². The Bertz CT molecular complexity index is 1250. The van der Waals surface area contributed by atoms with Crippen molar-refractivity contribution in [2.24, 2.45) is 5.73 Å². The van der Waals surface area contributed by atoms with Gasteiger partial charge in [0.1, 0.15) is 23.5 Å². The van der Waals surface area contributed by atoms with Crippen molar-refractivity contribution in [3.8, 4) is 22.8 Å². The first kappa shape index (κ1) is 23.1. The van der Waals surface area contributed by atoms with E-state index in [1.165, 1.54) is 19.5 Å².